The van der Waals surface area contributed by atoms with E-state index in [0.717, 1.165) is 27.9 Å². The third-order valence-corrected chi connectivity index (χ3v) is 4.81. The topological polar surface area (TPSA) is 29.5 Å². The summed E-state index contributed by atoms with van der Waals surface area (Å²) in [5, 5.41) is 0.726. The largest absolute Gasteiger partial charge is 0.458 e. The second-order valence-corrected chi connectivity index (χ2v) is 6.62. The molecular formula is C17H16ClNO2S. The van der Waals surface area contributed by atoms with Gasteiger partial charge in [-0.25, -0.2) is 0 Å². The van der Waals surface area contributed by atoms with Crippen LogP contribution in [0.4, 0.5) is 5.69 Å². The standard InChI is InChI=1S/C17H16ClNO2S/c18-13-6-8-16(9-7-13)22-12-15-10-19(11-17(20)21-15)14-4-2-1-3-5-14/h1-9,15H,10-12H2. The van der Waals surface area contributed by atoms with Gasteiger partial charge in [0.05, 0.1) is 6.54 Å². The fourth-order valence-corrected chi connectivity index (χ4v) is 3.38. The summed E-state index contributed by atoms with van der Waals surface area (Å²) in [6.07, 6.45) is -0.109. The van der Waals surface area contributed by atoms with Gasteiger partial charge >= 0.3 is 5.97 Å². The predicted molar refractivity (Wildman–Crippen MR) is 90.7 cm³/mol. The Bertz CT molecular complexity index is 633. The Kier molecular flexibility index (Phi) is 4.90. The molecule has 0 bridgehead atoms. The van der Waals surface area contributed by atoms with Crippen LogP contribution >= 0.6 is 23.4 Å². The van der Waals surface area contributed by atoms with Gasteiger partial charge in [-0.05, 0) is 36.4 Å². The Morgan fingerprint density at radius 3 is 2.59 bits per heavy atom. The quantitative estimate of drug-likeness (QED) is 0.627. The van der Waals surface area contributed by atoms with Crippen LogP contribution in [0.1, 0.15) is 0 Å². The van der Waals surface area contributed by atoms with Crippen molar-refractivity contribution < 1.29 is 9.53 Å². The van der Waals surface area contributed by atoms with E-state index < -0.39 is 0 Å². The summed E-state index contributed by atoms with van der Waals surface area (Å²) in [6, 6.07) is 17.7. The van der Waals surface area contributed by atoms with Crippen LogP contribution in [0.2, 0.25) is 5.02 Å². The second-order valence-electron chi connectivity index (χ2n) is 5.09. The highest BCUT2D eigenvalue weighted by Crippen LogP contribution is 2.24. The number of nitrogens with zero attached hydrogens (tertiary/aromatic N) is 1. The first-order valence-corrected chi connectivity index (χ1v) is 8.45. The van der Waals surface area contributed by atoms with Crippen molar-refractivity contribution in [3.05, 3.63) is 59.6 Å². The van der Waals surface area contributed by atoms with Crippen molar-refractivity contribution >= 4 is 35.0 Å². The summed E-state index contributed by atoms with van der Waals surface area (Å²) < 4.78 is 5.46. The van der Waals surface area contributed by atoms with Gasteiger partial charge in [-0.15, -0.1) is 11.8 Å². The van der Waals surface area contributed by atoms with Gasteiger partial charge in [-0.2, -0.15) is 0 Å². The molecule has 2 aromatic carbocycles. The highest BCUT2D eigenvalue weighted by molar-refractivity contribution is 7.99. The zero-order valence-electron chi connectivity index (χ0n) is 11.9. The Balaban J connectivity index is 1.61. The molecular weight excluding hydrogens is 318 g/mol. The molecule has 1 aliphatic rings. The number of esters is 1. The van der Waals surface area contributed by atoms with E-state index >= 15 is 0 Å². The molecule has 0 saturated carbocycles. The second kappa shape index (κ2) is 7.07. The van der Waals surface area contributed by atoms with Crippen molar-refractivity contribution in [2.75, 3.05) is 23.7 Å². The van der Waals surface area contributed by atoms with Gasteiger partial charge in [-0.1, -0.05) is 29.8 Å². The molecule has 1 fully saturated rings. The van der Waals surface area contributed by atoms with Crippen LogP contribution in [-0.2, 0) is 9.53 Å². The number of rotatable bonds is 4. The first-order chi connectivity index (χ1) is 10.7. The smallest absolute Gasteiger partial charge is 0.325 e. The maximum atomic E-state index is 11.8. The number of cyclic esters (lactones) is 1. The van der Waals surface area contributed by atoms with Crippen LogP contribution in [0.3, 0.4) is 0 Å². The minimum Gasteiger partial charge on any atom is -0.458 e. The first-order valence-electron chi connectivity index (χ1n) is 7.08. The zero-order valence-corrected chi connectivity index (χ0v) is 13.5. The molecule has 0 amide bonds. The number of benzene rings is 2. The highest BCUT2D eigenvalue weighted by atomic mass is 35.5. The molecule has 0 aliphatic carbocycles. The molecule has 2 aromatic rings. The van der Waals surface area contributed by atoms with Gasteiger partial charge in [0.15, 0.2) is 0 Å². The normalized spacial score (nSPS) is 18.1. The lowest BCUT2D eigenvalue weighted by molar-refractivity contribution is -0.148. The van der Waals surface area contributed by atoms with Crippen LogP contribution in [0.15, 0.2) is 59.5 Å². The van der Waals surface area contributed by atoms with E-state index in [1.807, 2.05) is 54.6 Å². The average Bonchev–Trinajstić information content (AvgIpc) is 2.55. The number of ether oxygens (including phenoxy) is 1. The molecule has 114 valence electrons. The van der Waals surface area contributed by atoms with Crippen molar-refractivity contribution in [3.63, 3.8) is 0 Å². The number of halogens is 1. The summed E-state index contributed by atoms with van der Waals surface area (Å²) in [7, 11) is 0. The molecule has 0 aromatic heterocycles. The molecule has 1 saturated heterocycles. The van der Waals surface area contributed by atoms with Crippen LogP contribution < -0.4 is 4.90 Å². The minimum atomic E-state index is -0.170. The molecule has 0 N–H and O–H groups in total. The maximum Gasteiger partial charge on any atom is 0.325 e. The third-order valence-electron chi connectivity index (χ3n) is 3.41. The monoisotopic (exact) mass is 333 g/mol. The minimum absolute atomic E-state index is 0.109. The summed E-state index contributed by atoms with van der Waals surface area (Å²) in [6.45, 7) is 1.03. The molecule has 1 heterocycles. The number of carbonyl (C=O) groups is 1. The van der Waals surface area contributed by atoms with Crippen molar-refractivity contribution in [3.8, 4) is 0 Å². The number of morpholine rings is 1. The van der Waals surface area contributed by atoms with Crippen molar-refractivity contribution in [1.82, 2.24) is 0 Å². The van der Waals surface area contributed by atoms with E-state index in [9.17, 15) is 4.79 Å². The molecule has 3 nitrogen and oxygen atoms in total. The van der Waals surface area contributed by atoms with Crippen molar-refractivity contribution in [2.45, 2.75) is 11.0 Å². The zero-order chi connectivity index (χ0) is 15.4. The third kappa shape index (κ3) is 3.96. The fraction of sp³-hybridized carbons (Fsp3) is 0.235. The highest BCUT2D eigenvalue weighted by Gasteiger charge is 2.26. The molecule has 1 atom stereocenters. The van der Waals surface area contributed by atoms with Gasteiger partial charge in [0.1, 0.15) is 12.6 Å². The van der Waals surface area contributed by atoms with Crippen molar-refractivity contribution in [2.24, 2.45) is 0 Å². The van der Waals surface area contributed by atoms with E-state index in [4.69, 9.17) is 16.3 Å². The van der Waals surface area contributed by atoms with E-state index in [1.54, 1.807) is 11.8 Å². The average molecular weight is 334 g/mol. The van der Waals surface area contributed by atoms with E-state index in [0.29, 0.717) is 6.54 Å². The van der Waals surface area contributed by atoms with Crippen LogP contribution in [0.5, 0.6) is 0 Å². The maximum absolute atomic E-state index is 11.8. The molecule has 3 rings (SSSR count). The molecule has 5 heteroatoms. The van der Waals surface area contributed by atoms with Crippen LogP contribution in [-0.4, -0.2) is 30.9 Å². The number of hydrogen-bond donors (Lipinski definition) is 0. The lowest BCUT2D eigenvalue weighted by Crippen LogP contribution is -2.46. The lowest BCUT2D eigenvalue weighted by Gasteiger charge is -2.33. The molecule has 22 heavy (non-hydrogen) atoms. The lowest BCUT2D eigenvalue weighted by atomic mass is 10.2. The number of hydrogen-bond acceptors (Lipinski definition) is 4. The number of carbonyl (C=O) groups excluding carboxylic acids is 1. The molecule has 0 radical (unpaired) electrons. The molecule has 1 unspecified atom stereocenters. The Labute approximate surface area is 139 Å². The van der Waals surface area contributed by atoms with Gasteiger partial charge in [-0.3, -0.25) is 4.79 Å². The molecule has 0 spiro atoms. The predicted octanol–water partition coefficient (Wildman–Crippen LogP) is 3.86. The summed E-state index contributed by atoms with van der Waals surface area (Å²) >= 11 is 7.55. The number of anilines is 1. The first kappa shape index (κ1) is 15.3. The van der Waals surface area contributed by atoms with Gasteiger partial charge in [0.25, 0.3) is 0 Å². The SMILES string of the molecule is O=C1CN(c2ccccc2)CC(CSc2ccc(Cl)cc2)O1. The van der Waals surface area contributed by atoms with Gasteiger partial charge in [0, 0.05) is 21.4 Å². The fourth-order valence-electron chi connectivity index (χ4n) is 2.37. The Morgan fingerprint density at radius 1 is 1.14 bits per heavy atom. The Hall–Kier alpha value is -1.65. The van der Waals surface area contributed by atoms with E-state index in [2.05, 4.69) is 4.90 Å². The van der Waals surface area contributed by atoms with Gasteiger partial charge < -0.3 is 9.64 Å². The van der Waals surface area contributed by atoms with Crippen LogP contribution in [0, 0.1) is 0 Å². The summed E-state index contributed by atoms with van der Waals surface area (Å²) in [4.78, 5) is 15.0. The summed E-state index contributed by atoms with van der Waals surface area (Å²) in [5.41, 5.74) is 1.06. The van der Waals surface area contributed by atoms with E-state index in [1.165, 1.54) is 0 Å². The van der Waals surface area contributed by atoms with E-state index in [-0.39, 0.29) is 12.1 Å². The number of thioether (sulfide) groups is 1. The summed E-state index contributed by atoms with van der Waals surface area (Å²) in [5.74, 6) is 0.563. The number of para-hydroxylation sites is 1. The van der Waals surface area contributed by atoms with Crippen LogP contribution in [0.25, 0.3) is 0 Å². The van der Waals surface area contributed by atoms with Gasteiger partial charge in [0.2, 0.25) is 0 Å². The van der Waals surface area contributed by atoms with Crippen molar-refractivity contribution in [1.29, 1.82) is 0 Å². The molecule has 1 aliphatic heterocycles. The Morgan fingerprint density at radius 2 is 1.86 bits per heavy atom.